The average molecular weight is 361 g/mol. The Morgan fingerprint density at radius 1 is 1.27 bits per heavy atom. The summed E-state index contributed by atoms with van der Waals surface area (Å²) in [7, 11) is 0. The minimum Gasteiger partial charge on any atom is -0.379 e. The van der Waals surface area contributed by atoms with Crippen molar-refractivity contribution >= 4 is 11.8 Å². The van der Waals surface area contributed by atoms with Crippen LogP contribution in [0.2, 0.25) is 0 Å². The summed E-state index contributed by atoms with van der Waals surface area (Å²) in [5.41, 5.74) is 0.982. The molecule has 1 saturated heterocycles. The number of piperidine rings is 1. The molecule has 26 heavy (non-hydrogen) atoms. The fourth-order valence-electron chi connectivity index (χ4n) is 3.23. The minimum absolute atomic E-state index is 0.0890. The molecular formula is C20H31N3O3. The normalized spacial score (nSPS) is 20.5. The monoisotopic (exact) mass is 361 g/mol. The van der Waals surface area contributed by atoms with Crippen molar-refractivity contribution in [2.75, 3.05) is 26.2 Å². The number of hydrogen-bond acceptors (Lipinski definition) is 4. The van der Waals surface area contributed by atoms with Crippen LogP contribution in [0.15, 0.2) is 24.3 Å². The van der Waals surface area contributed by atoms with Gasteiger partial charge >= 0.3 is 0 Å². The van der Waals surface area contributed by atoms with Gasteiger partial charge in [0.25, 0.3) is 5.91 Å². The molecular weight excluding hydrogens is 330 g/mol. The maximum Gasteiger partial charge on any atom is 0.256 e. The Morgan fingerprint density at radius 2 is 1.96 bits per heavy atom. The van der Waals surface area contributed by atoms with Crippen LogP contribution in [0.5, 0.6) is 0 Å². The van der Waals surface area contributed by atoms with E-state index in [4.69, 9.17) is 0 Å². The van der Waals surface area contributed by atoms with Crippen molar-refractivity contribution in [1.29, 1.82) is 0 Å². The van der Waals surface area contributed by atoms with Gasteiger partial charge in [-0.05, 0) is 29.9 Å². The first-order valence-electron chi connectivity index (χ1n) is 9.37. The Hall–Kier alpha value is -1.92. The lowest BCUT2D eigenvalue weighted by Crippen LogP contribution is -2.58. The van der Waals surface area contributed by atoms with Crippen molar-refractivity contribution in [3.63, 3.8) is 0 Å². The Kier molecular flexibility index (Phi) is 7.17. The van der Waals surface area contributed by atoms with E-state index in [2.05, 4.69) is 48.7 Å². The molecule has 0 aliphatic carbocycles. The number of carbonyl (C=O) groups is 2. The molecule has 6 nitrogen and oxygen atoms in total. The lowest BCUT2D eigenvalue weighted by atomic mass is 9.91. The number of aliphatic hydroxyl groups is 1. The number of rotatable bonds is 8. The minimum atomic E-state index is -1.37. The van der Waals surface area contributed by atoms with Crippen LogP contribution in [0, 0.1) is 0 Å². The highest BCUT2D eigenvalue weighted by Crippen LogP contribution is 2.24. The highest BCUT2D eigenvalue weighted by molar-refractivity contribution is 5.86. The topological polar surface area (TPSA) is 81.7 Å². The smallest absolute Gasteiger partial charge is 0.256 e. The predicted molar refractivity (Wildman–Crippen MR) is 102 cm³/mol. The summed E-state index contributed by atoms with van der Waals surface area (Å²) in [6, 6.07) is 8.32. The van der Waals surface area contributed by atoms with Gasteiger partial charge in [0.05, 0.1) is 0 Å². The summed E-state index contributed by atoms with van der Waals surface area (Å²) < 4.78 is 0. The average Bonchev–Trinajstić information content (AvgIpc) is 2.59. The third-order valence-corrected chi connectivity index (χ3v) is 4.82. The number of benzene rings is 1. The molecule has 0 spiro atoms. The molecule has 0 radical (unpaired) electrons. The molecule has 0 aromatic heterocycles. The summed E-state index contributed by atoms with van der Waals surface area (Å²) in [6.45, 7) is 8.16. The second kappa shape index (κ2) is 9.14. The van der Waals surface area contributed by atoms with Gasteiger partial charge in [-0.2, -0.15) is 0 Å². The second-order valence-corrected chi connectivity index (χ2v) is 7.42. The van der Waals surface area contributed by atoms with E-state index >= 15 is 0 Å². The van der Waals surface area contributed by atoms with Crippen LogP contribution in [0.1, 0.15) is 50.7 Å². The summed E-state index contributed by atoms with van der Waals surface area (Å²) >= 11 is 0. The van der Waals surface area contributed by atoms with E-state index in [0.29, 0.717) is 38.5 Å². The predicted octanol–water partition coefficient (Wildman–Crippen LogP) is 1.39. The highest BCUT2D eigenvalue weighted by atomic mass is 16.3. The Morgan fingerprint density at radius 3 is 2.58 bits per heavy atom. The van der Waals surface area contributed by atoms with E-state index < -0.39 is 5.60 Å². The van der Waals surface area contributed by atoms with Gasteiger partial charge in [0.1, 0.15) is 0 Å². The van der Waals surface area contributed by atoms with Crippen LogP contribution in [0.4, 0.5) is 0 Å². The quantitative estimate of drug-likeness (QED) is 0.611. The van der Waals surface area contributed by atoms with Gasteiger partial charge in [-0.15, -0.1) is 0 Å². The van der Waals surface area contributed by atoms with Crippen molar-refractivity contribution < 1.29 is 14.7 Å². The van der Waals surface area contributed by atoms with Crippen LogP contribution < -0.4 is 10.6 Å². The third kappa shape index (κ3) is 5.54. The lowest BCUT2D eigenvalue weighted by molar-refractivity contribution is -0.157. The van der Waals surface area contributed by atoms with Crippen molar-refractivity contribution in [2.24, 2.45) is 0 Å². The summed E-state index contributed by atoms with van der Waals surface area (Å²) in [5.74, 6) is 0.173. The molecule has 2 rings (SSSR count). The van der Waals surface area contributed by atoms with E-state index in [1.54, 1.807) is 4.90 Å². The van der Waals surface area contributed by atoms with Crippen molar-refractivity contribution in [2.45, 2.75) is 51.7 Å². The fraction of sp³-hybridized carbons (Fsp3) is 0.600. The number of carbonyl (C=O) groups excluding carboxylic acids is 2. The van der Waals surface area contributed by atoms with Gasteiger partial charge in [0.2, 0.25) is 5.91 Å². The summed E-state index contributed by atoms with van der Waals surface area (Å²) in [6.07, 6.45) is 1.24. The maximum atomic E-state index is 12.8. The standard InChI is InChI=1S/C20H31N3O3/c1-15(2)18-7-5-17(6-8-18)13-23-12-4-9-20(26,19(23)25)14-21-10-11-22-16(3)24/h5-8,15,21,26H,4,9-14H2,1-3H3,(H,22,24)/t20-/m1/s1. The van der Waals surface area contributed by atoms with E-state index in [9.17, 15) is 14.7 Å². The molecule has 1 aromatic carbocycles. The lowest BCUT2D eigenvalue weighted by Gasteiger charge is -2.38. The van der Waals surface area contributed by atoms with Crippen LogP contribution in [-0.2, 0) is 16.1 Å². The molecule has 1 atom stereocenters. The number of nitrogens with one attached hydrogen (secondary N) is 2. The Balaban J connectivity index is 1.90. The van der Waals surface area contributed by atoms with Gasteiger partial charge in [0, 0.05) is 39.6 Å². The van der Waals surface area contributed by atoms with E-state index in [1.165, 1.54) is 12.5 Å². The van der Waals surface area contributed by atoms with Gasteiger partial charge in [-0.25, -0.2) is 0 Å². The third-order valence-electron chi connectivity index (χ3n) is 4.82. The van der Waals surface area contributed by atoms with Gasteiger partial charge in [-0.1, -0.05) is 38.1 Å². The Bertz CT molecular complexity index is 615. The number of hydrogen-bond donors (Lipinski definition) is 3. The molecule has 1 aromatic rings. The Labute approximate surface area is 156 Å². The van der Waals surface area contributed by atoms with Crippen molar-refractivity contribution in [3.05, 3.63) is 35.4 Å². The molecule has 1 fully saturated rings. The number of likely N-dealkylation sites (tertiary alicyclic amines) is 1. The molecule has 6 heteroatoms. The molecule has 2 amide bonds. The number of nitrogens with zero attached hydrogens (tertiary/aromatic N) is 1. The maximum absolute atomic E-state index is 12.8. The molecule has 0 unspecified atom stereocenters. The molecule has 144 valence electrons. The number of amides is 2. The zero-order valence-electron chi connectivity index (χ0n) is 16.0. The summed E-state index contributed by atoms with van der Waals surface area (Å²) in [5, 5.41) is 16.5. The first-order chi connectivity index (χ1) is 12.3. The zero-order valence-corrected chi connectivity index (χ0v) is 16.0. The molecule has 1 aliphatic heterocycles. The fourth-order valence-corrected chi connectivity index (χ4v) is 3.23. The van der Waals surface area contributed by atoms with Gasteiger partial charge in [0.15, 0.2) is 5.60 Å². The molecule has 1 heterocycles. The highest BCUT2D eigenvalue weighted by Gasteiger charge is 2.41. The van der Waals surface area contributed by atoms with Crippen LogP contribution >= 0.6 is 0 Å². The van der Waals surface area contributed by atoms with Crippen LogP contribution in [0.25, 0.3) is 0 Å². The summed E-state index contributed by atoms with van der Waals surface area (Å²) in [4.78, 5) is 25.4. The van der Waals surface area contributed by atoms with Gasteiger partial charge < -0.3 is 20.6 Å². The van der Waals surface area contributed by atoms with Crippen molar-refractivity contribution in [3.8, 4) is 0 Å². The SMILES string of the molecule is CC(=O)NCCNC[C@]1(O)CCCN(Cc2ccc(C(C)C)cc2)C1=O. The first-order valence-corrected chi connectivity index (χ1v) is 9.37. The zero-order chi connectivity index (χ0) is 19.2. The van der Waals surface area contributed by atoms with Gasteiger partial charge in [-0.3, -0.25) is 9.59 Å². The van der Waals surface area contributed by atoms with E-state index in [1.807, 2.05) is 0 Å². The largest absolute Gasteiger partial charge is 0.379 e. The molecule has 0 bridgehead atoms. The van der Waals surface area contributed by atoms with E-state index in [0.717, 1.165) is 12.0 Å². The molecule has 3 N–H and O–H groups in total. The molecule has 1 aliphatic rings. The molecule has 0 saturated carbocycles. The van der Waals surface area contributed by atoms with Crippen LogP contribution in [0.3, 0.4) is 0 Å². The van der Waals surface area contributed by atoms with Crippen LogP contribution in [-0.4, -0.2) is 53.6 Å². The second-order valence-electron chi connectivity index (χ2n) is 7.42. The van der Waals surface area contributed by atoms with Crippen molar-refractivity contribution in [1.82, 2.24) is 15.5 Å². The van der Waals surface area contributed by atoms with E-state index in [-0.39, 0.29) is 18.4 Å². The first kappa shape index (κ1) is 20.4.